The first-order chi connectivity index (χ1) is 6.77. The molecule has 0 fully saturated rings. The molecule has 0 spiro atoms. The van der Waals surface area contributed by atoms with Gasteiger partial charge in [-0.05, 0) is 17.2 Å². The second-order valence-corrected chi connectivity index (χ2v) is 3.07. The highest BCUT2D eigenvalue weighted by molar-refractivity contribution is 5.87. The molecular weight excluding hydrogens is 176 g/mol. The van der Waals surface area contributed by atoms with E-state index in [0.29, 0.717) is 6.42 Å². The number of rotatable bonds is 1. The first kappa shape index (κ1) is 8.58. The second kappa shape index (κ2) is 3.39. The summed E-state index contributed by atoms with van der Waals surface area (Å²) in [5, 5.41) is 8.84. The minimum absolute atomic E-state index is 0.256. The molecule has 14 heavy (non-hydrogen) atoms. The van der Waals surface area contributed by atoms with Crippen molar-refractivity contribution in [1.29, 1.82) is 0 Å². The lowest BCUT2D eigenvalue weighted by Gasteiger charge is -2.02. The molecule has 0 atom stereocenters. The maximum atomic E-state index is 10.8. The third kappa shape index (κ3) is 1.53. The lowest BCUT2D eigenvalue weighted by Crippen LogP contribution is -2.03. The molecule has 1 aliphatic carbocycles. The zero-order valence-corrected chi connectivity index (χ0v) is 7.45. The van der Waals surface area contributed by atoms with Crippen molar-refractivity contribution in [2.45, 2.75) is 6.42 Å². The van der Waals surface area contributed by atoms with Gasteiger partial charge in [-0.2, -0.15) is 0 Å². The first-order valence-electron chi connectivity index (χ1n) is 4.29. The van der Waals surface area contributed by atoms with E-state index in [1.54, 1.807) is 6.08 Å². The van der Waals surface area contributed by atoms with E-state index in [-0.39, 0.29) is 5.57 Å². The highest BCUT2D eigenvalue weighted by Crippen LogP contribution is 2.16. The van der Waals surface area contributed by atoms with Crippen molar-refractivity contribution in [3.8, 4) is 0 Å². The van der Waals surface area contributed by atoms with Crippen LogP contribution in [-0.4, -0.2) is 11.1 Å². The average molecular weight is 184 g/mol. The van der Waals surface area contributed by atoms with Gasteiger partial charge >= 0.3 is 5.97 Å². The molecule has 0 amide bonds. The van der Waals surface area contributed by atoms with Crippen LogP contribution >= 0.6 is 0 Å². The molecule has 0 aromatic heterocycles. The fourth-order valence-corrected chi connectivity index (χ4v) is 1.40. The predicted molar refractivity (Wildman–Crippen MR) is 52.8 cm³/mol. The molecule has 2 nitrogen and oxygen atoms in total. The molecule has 0 radical (unpaired) electrons. The lowest BCUT2D eigenvalue weighted by molar-refractivity contribution is -0.132. The summed E-state index contributed by atoms with van der Waals surface area (Å²) in [4.78, 5) is 10.8. The molecule has 0 saturated carbocycles. The summed E-state index contributed by atoms with van der Waals surface area (Å²) in [6, 6.07) is 7.68. The normalized spacial score (nSPS) is 13.0. The van der Waals surface area contributed by atoms with E-state index in [2.05, 4.69) is 11.5 Å². The number of fused-ring (bicyclic) bond motifs is 1. The number of carboxylic acids is 1. The average Bonchev–Trinajstić information content (AvgIpc) is 2.39. The molecule has 0 heterocycles. The van der Waals surface area contributed by atoms with Crippen molar-refractivity contribution in [2.75, 3.05) is 0 Å². The molecular formula is C12H8O2. The fourth-order valence-electron chi connectivity index (χ4n) is 1.40. The molecule has 1 N–H and O–H groups in total. The number of hydrogen-bond donors (Lipinski definition) is 1. The van der Waals surface area contributed by atoms with E-state index in [9.17, 15) is 4.79 Å². The van der Waals surface area contributed by atoms with Crippen LogP contribution in [0.4, 0.5) is 0 Å². The Morgan fingerprint density at radius 1 is 1.36 bits per heavy atom. The summed E-state index contributed by atoms with van der Waals surface area (Å²) in [5.41, 5.74) is 7.65. The maximum absolute atomic E-state index is 10.8. The van der Waals surface area contributed by atoms with Gasteiger partial charge < -0.3 is 5.11 Å². The van der Waals surface area contributed by atoms with Gasteiger partial charge in [0.2, 0.25) is 0 Å². The highest BCUT2D eigenvalue weighted by atomic mass is 16.4. The van der Waals surface area contributed by atoms with Gasteiger partial charge in [-0.3, -0.25) is 0 Å². The van der Waals surface area contributed by atoms with Crippen LogP contribution in [0, 0.1) is 0 Å². The molecule has 68 valence electrons. The van der Waals surface area contributed by atoms with E-state index in [4.69, 9.17) is 5.11 Å². The van der Waals surface area contributed by atoms with Crippen LogP contribution < -0.4 is 0 Å². The van der Waals surface area contributed by atoms with Crippen molar-refractivity contribution in [2.24, 2.45) is 0 Å². The number of benzene rings is 1. The van der Waals surface area contributed by atoms with E-state index >= 15 is 0 Å². The van der Waals surface area contributed by atoms with Crippen molar-refractivity contribution >= 4 is 12.0 Å². The molecule has 2 heteroatoms. The van der Waals surface area contributed by atoms with Gasteiger partial charge in [0.15, 0.2) is 0 Å². The maximum Gasteiger partial charge on any atom is 0.340 e. The van der Waals surface area contributed by atoms with Gasteiger partial charge in [-0.1, -0.05) is 35.7 Å². The molecule has 2 rings (SSSR count). The minimum Gasteiger partial charge on any atom is -0.477 e. The van der Waals surface area contributed by atoms with E-state index < -0.39 is 5.97 Å². The monoisotopic (exact) mass is 184 g/mol. The van der Waals surface area contributed by atoms with Crippen molar-refractivity contribution < 1.29 is 9.90 Å². The Bertz CT molecular complexity index is 485. The third-order valence-electron chi connectivity index (χ3n) is 2.13. The standard InChI is InChI=1S/C12H8O2/c13-12(14)11-7-3-6-9-4-1-2-5-10(9)8-11/h1-2,4-6H,8H2,(H,13,14). The second-order valence-electron chi connectivity index (χ2n) is 3.07. The Morgan fingerprint density at radius 2 is 2.14 bits per heavy atom. The Hall–Kier alpha value is -2.01. The quantitative estimate of drug-likeness (QED) is 0.678. The van der Waals surface area contributed by atoms with Crippen LogP contribution in [0.5, 0.6) is 0 Å². The van der Waals surface area contributed by atoms with Gasteiger partial charge in [0.25, 0.3) is 0 Å². The summed E-state index contributed by atoms with van der Waals surface area (Å²) >= 11 is 0. The zero-order chi connectivity index (χ0) is 9.97. The number of carboxylic acid groups (broad SMARTS) is 1. The summed E-state index contributed by atoms with van der Waals surface area (Å²) in [6.07, 6.45) is 2.17. The Labute approximate surface area is 81.5 Å². The molecule has 0 bridgehead atoms. The predicted octanol–water partition coefficient (Wildman–Crippen LogP) is 2.02. The van der Waals surface area contributed by atoms with E-state index in [1.165, 1.54) is 0 Å². The minimum atomic E-state index is -0.928. The number of aliphatic carboxylic acids is 1. The lowest BCUT2D eigenvalue weighted by atomic mass is 10.0. The van der Waals surface area contributed by atoms with Crippen molar-refractivity contribution in [1.82, 2.24) is 0 Å². The van der Waals surface area contributed by atoms with Crippen LogP contribution in [0.15, 0.2) is 41.3 Å². The van der Waals surface area contributed by atoms with Crippen LogP contribution in [0.25, 0.3) is 6.08 Å². The molecule has 1 aromatic carbocycles. The molecule has 1 aromatic rings. The Morgan fingerprint density at radius 3 is 2.93 bits per heavy atom. The Kier molecular flexibility index (Phi) is 2.08. The van der Waals surface area contributed by atoms with Crippen LogP contribution in [0.3, 0.4) is 0 Å². The molecule has 0 saturated heterocycles. The fraction of sp³-hybridized carbons (Fsp3) is 0.0833. The van der Waals surface area contributed by atoms with Crippen LogP contribution in [0.1, 0.15) is 11.1 Å². The molecule has 0 aliphatic heterocycles. The van der Waals surface area contributed by atoms with E-state index in [1.807, 2.05) is 24.3 Å². The number of hydrogen-bond acceptors (Lipinski definition) is 1. The smallest absolute Gasteiger partial charge is 0.340 e. The molecule has 1 aliphatic rings. The largest absolute Gasteiger partial charge is 0.477 e. The van der Waals surface area contributed by atoms with Gasteiger partial charge in [0, 0.05) is 6.42 Å². The summed E-state index contributed by atoms with van der Waals surface area (Å²) < 4.78 is 0. The summed E-state index contributed by atoms with van der Waals surface area (Å²) in [7, 11) is 0. The van der Waals surface area contributed by atoms with E-state index in [0.717, 1.165) is 11.1 Å². The van der Waals surface area contributed by atoms with Crippen LogP contribution in [-0.2, 0) is 11.2 Å². The van der Waals surface area contributed by atoms with Crippen molar-refractivity contribution in [3.63, 3.8) is 0 Å². The van der Waals surface area contributed by atoms with Gasteiger partial charge in [-0.25, -0.2) is 4.79 Å². The van der Waals surface area contributed by atoms with Crippen molar-refractivity contribution in [3.05, 3.63) is 52.4 Å². The zero-order valence-electron chi connectivity index (χ0n) is 7.45. The first-order valence-corrected chi connectivity index (χ1v) is 4.29. The van der Waals surface area contributed by atoms with Gasteiger partial charge in [0.1, 0.15) is 0 Å². The highest BCUT2D eigenvalue weighted by Gasteiger charge is 2.10. The van der Waals surface area contributed by atoms with Gasteiger partial charge in [0.05, 0.1) is 5.57 Å². The molecule has 0 unspecified atom stereocenters. The number of carbonyl (C=O) groups is 1. The summed E-state index contributed by atoms with van der Waals surface area (Å²) in [5.74, 6) is -0.928. The van der Waals surface area contributed by atoms with Crippen LogP contribution in [0.2, 0.25) is 0 Å². The Balaban J connectivity index is 2.53. The SMILES string of the molecule is O=C(O)C1=C=C=Cc2ccccc2C1. The third-order valence-corrected chi connectivity index (χ3v) is 2.13. The topological polar surface area (TPSA) is 37.3 Å². The summed E-state index contributed by atoms with van der Waals surface area (Å²) in [6.45, 7) is 0. The van der Waals surface area contributed by atoms with Gasteiger partial charge in [-0.15, -0.1) is 0 Å².